The minimum absolute atomic E-state index is 0.347. The fourth-order valence-corrected chi connectivity index (χ4v) is 2.91. The molecule has 0 bridgehead atoms. The normalized spacial score (nSPS) is 16.7. The van der Waals surface area contributed by atoms with Crippen LogP contribution in [0.1, 0.15) is 30.4 Å². The van der Waals surface area contributed by atoms with E-state index in [4.69, 9.17) is 4.74 Å². The summed E-state index contributed by atoms with van der Waals surface area (Å²) in [6.45, 7) is 1.65. The van der Waals surface area contributed by atoms with Crippen molar-refractivity contribution < 1.29 is 13.9 Å². The standard InChI is InChI=1S/C13H13BrFNO2/c1-8-11(15)10(14)6-9(12(8)18-2)13(16-7-17)4-3-5-13/h6H,3-5H2,1-2H3. The number of isocyanates is 1. The highest BCUT2D eigenvalue weighted by molar-refractivity contribution is 9.10. The number of methoxy groups -OCH3 is 1. The zero-order valence-corrected chi connectivity index (χ0v) is 11.8. The quantitative estimate of drug-likeness (QED) is 0.631. The molecule has 1 aliphatic rings. The van der Waals surface area contributed by atoms with Crippen LogP contribution in [0.3, 0.4) is 0 Å². The fraction of sp³-hybridized carbons (Fsp3) is 0.462. The number of aliphatic imine (C=N–C) groups is 1. The summed E-state index contributed by atoms with van der Waals surface area (Å²) in [4.78, 5) is 14.5. The molecule has 2 rings (SSSR count). The van der Waals surface area contributed by atoms with Crippen molar-refractivity contribution in [3.8, 4) is 5.75 Å². The Morgan fingerprint density at radius 2 is 2.22 bits per heavy atom. The highest BCUT2D eigenvalue weighted by atomic mass is 79.9. The third-order valence-electron chi connectivity index (χ3n) is 3.54. The van der Waals surface area contributed by atoms with Crippen LogP contribution < -0.4 is 4.74 Å². The van der Waals surface area contributed by atoms with Gasteiger partial charge in [-0.05, 0) is 48.2 Å². The number of hydrogen-bond donors (Lipinski definition) is 0. The number of halogens is 2. The highest BCUT2D eigenvalue weighted by Crippen LogP contribution is 2.50. The lowest BCUT2D eigenvalue weighted by Crippen LogP contribution is -2.32. The number of hydrogen-bond acceptors (Lipinski definition) is 3. The van der Waals surface area contributed by atoms with Gasteiger partial charge in [0.1, 0.15) is 17.1 Å². The Bertz CT molecular complexity index is 534. The molecule has 1 aromatic carbocycles. The maximum Gasteiger partial charge on any atom is 0.235 e. The van der Waals surface area contributed by atoms with Crippen molar-refractivity contribution in [3.05, 3.63) is 27.5 Å². The molecule has 0 unspecified atom stereocenters. The first-order chi connectivity index (χ1) is 8.55. The number of benzene rings is 1. The molecular formula is C13H13BrFNO2. The van der Waals surface area contributed by atoms with Crippen molar-refractivity contribution in [3.63, 3.8) is 0 Å². The molecule has 5 heteroatoms. The average Bonchev–Trinajstić information content (AvgIpc) is 2.30. The molecule has 1 saturated carbocycles. The molecule has 3 nitrogen and oxygen atoms in total. The maximum atomic E-state index is 13.8. The van der Waals surface area contributed by atoms with Gasteiger partial charge in [-0.25, -0.2) is 9.18 Å². The largest absolute Gasteiger partial charge is 0.496 e. The van der Waals surface area contributed by atoms with E-state index >= 15 is 0 Å². The first-order valence-electron chi connectivity index (χ1n) is 5.68. The first kappa shape index (κ1) is 13.2. The van der Waals surface area contributed by atoms with Gasteiger partial charge in [-0.15, -0.1) is 0 Å². The topological polar surface area (TPSA) is 38.7 Å². The highest BCUT2D eigenvalue weighted by Gasteiger charge is 2.42. The van der Waals surface area contributed by atoms with Gasteiger partial charge in [0.25, 0.3) is 0 Å². The van der Waals surface area contributed by atoms with Crippen molar-refractivity contribution in [2.75, 3.05) is 7.11 Å². The summed E-state index contributed by atoms with van der Waals surface area (Å²) in [7, 11) is 1.50. The number of ether oxygens (including phenoxy) is 1. The third kappa shape index (κ3) is 1.88. The van der Waals surface area contributed by atoms with Crippen LogP contribution in [0.15, 0.2) is 15.5 Å². The van der Waals surface area contributed by atoms with Gasteiger partial charge >= 0.3 is 0 Å². The monoisotopic (exact) mass is 313 g/mol. The van der Waals surface area contributed by atoms with Gasteiger partial charge < -0.3 is 4.74 Å². The summed E-state index contributed by atoms with van der Waals surface area (Å²) in [5, 5.41) is 0. The molecule has 0 spiro atoms. The summed E-state index contributed by atoms with van der Waals surface area (Å²) in [5.41, 5.74) is 0.591. The second-order valence-corrected chi connectivity index (χ2v) is 5.32. The maximum absolute atomic E-state index is 13.8. The lowest BCUT2D eigenvalue weighted by molar-refractivity contribution is 0.245. The lowest BCUT2D eigenvalue weighted by Gasteiger charge is -2.38. The van der Waals surface area contributed by atoms with Crippen molar-refractivity contribution >= 4 is 22.0 Å². The Kier molecular flexibility index (Phi) is 3.55. The van der Waals surface area contributed by atoms with E-state index in [1.165, 1.54) is 7.11 Å². The predicted molar refractivity (Wildman–Crippen MR) is 69.0 cm³/mol. The van der Waals surface area contributed by atoms with Crippen LogP contribution in [-0.4, -0.2) is 13.2 Å². The van der Waals surface area contributed by atoms with Crippen LogP contribution in [0, 0.1) is 12.7 Å². The third-order valence-corrected chi connectivity index (χ3v) is 4.12. The van der Waals surface area contributed by atoms with E-state index in [-0.39, 0.29) is 5.82 Å². The summed E-state index contributed by atoms with van der Waals surface area (Å²) in [5.74, 6) is 0.120. The van der Waals surface area contributed by atoms with E-state index in [1.54, 1.807) is 19.1 Å². The van der Waals surface area contributed by atoms with Gasteiger partial charge in [0.15, 0.2) is 0 Å². The molecule has 0 heterocycles. The summed E-state index contributed by atoms with van der Waals surface area (Å²) in [6, 6.07) is 1.65. The van der Waals surface area contributed by atoms with E-state index in [0.717, 1.165) is 24.8 Å². The van der Waals surface area contributed by atoms with Crippen molar-refractivity contribution in [1.82, 2.24) is 0 Å². The van der Waals surface area contributed by atoms with E-state index in [9.17, 15) is 9.18 Å². The van der Waals surface area contributed by atoms with Crippen molar-refractivity contribution in [2.45, 2.75) is 31.7 Å². The molecule has 96 valence electrons. The van der Waals surface area contributed by atoms with Crippen LogP contribution in [0.4, 0.5) is 4.39 Å². The first-order valence-corrected chi connectivity index (χ1v) is 6.47. The molecule has 0 radical (unpaired) electrons. The van der Waals surface area contributed by atoms with Crippen LogP contribution in [0.25, 0.3) is 0 Å². The van der Waals surface area contributed by atoms with E-state index in [0.29, 0.717) is 15.8 Å². The number of carbonyl (C=O) groups excluding carboxylic acids is 1. The van der Waals surface area contributed by atoms with Gasteiger partial charge in [0.2, 0.25) is 6.08 Å². The molecule has 1 aliphatic carbocycles. The van der Waals surface area contributed by atoms with Crippen molar-refractivity contribution in [1.29, 1.82) is 0 Å². The summed E-state index contributed by atoms with van der Waals surface area (Å²) < 4.78 is 19.5. The van der Waals surface area contributed by atoms with Crippen LogP contribution in [0.5, 0.6) is 5.75 Å². The van der Waals surface area contributed by atoms with E-state index in [2.05, 4.69) is 20.9 Å². The fourth-order valence-electron chi connectivity index (χ4n) is 2.39. The van der Waals surface area contributed by atoms with Gasteiger partial charge in [-0.3, -0.25) is 0 Å². The number of rotatable bonds is 3. The lowest BCUT2D eigenvalue weighted by atomic mass is 9.71. The number of nitrogens with zero attached hydrogens (tertiary/aromatic N) is 1. The second-order valence-electron chi connectivity index (χ2n) is 4.47. The van der Waals surface area contributed by atoms with Crippen LogP contribution >= 0.6 is 15.9 Å². The second kappa shape index (κ2) is 4.82. The molecule has 0 aromatic heterocycles. The van der Waals surface area contributed by atoms with Gasteiger partial charge in [-0.1, -0.05) is 0 Å². The van der Waals surface area contributed by atoms with Crippen molar-refractivity contribution in [2.24, 2.45) is 4.99 Å². The Morgan fingerprint density at radius 1 is 1.56 bits per heavy atom. The molecule has 0 saturated heterocycles. The average molecular weight is 314 g/mol. The Labute approximate surface area is 113 Å². The molecule has 1 aromatic rings. The summed E-state index contributed by atoms with van der Waals surface area (Å²) >= 11 is 3.19. The SMILES string of the molecule is COc1c(C2(N=C=O)CCC2)cc(Br)c(F)c1C. The molecule has 0 N–H and O–H groups in total. The molecular weight excluding hydrogens is 301 g/mol. The molecule has 1 fully saturated rings. The zero-order chi connectivity index (χ0) is 13.3. The van der Waals surface area contributed by atoms with Gasteiger partial charge in [-0.2, -0.15) is 4.99 Å². The van der Waals surface area contributed by atoms with Crippen LogP contribution in [-0.2, 0) is 10.3 Å². The van der Waals surface area contributed by atoms with Crippen LogP contribution in [0.2, 0.25) is 0 Å². The van der Waals surface area contributed by atoms with E-state index in [1.807, 2.05) is 0 Å². The molecule has 0 amide bonds. The molecule has 0 atom stereocenters. The predicted octanol–water partition coefficient (Wildman–Crippen LogP) is 3.62. The van der Waals surface area contributed by atoms with Gasteiger partial charge in [0, 0.05) is 11.1 Å². The minimum atomic E-state index is -0.589. The Hall–Kier alpha value is -1.19. The molecule has 0 aliphatic heterocycles. The minimum Gasteiger partial charge on any atom is -0.496 e. The summed E-state index contributed by atoms with van der Waals surface area (Å²) in [6.07, 6.45) is 4.13. The Morgan fingerprint density at radius 3 is 2.67 bits per heavy atom. The van der Waals surface area contributed by atoms with Gasteiger partial charge in [0.05, 0.1) is 11.6 Å². The Balaban J connectivity index is 2.67. The smallest absolute Gasteiger partial charge is 0.235 e. The molecule has 18 heavy (non-hydrogen) atoms. The zero-order valence-electron chi connectivity index (χ0n) is 10.2. The van der Waals surface area contributed by atoms with E-state index < -0.39 is 5.54 Å².